The summed E-state index contributed by atoms with van der Waals surface area (Å²) in [6, 6.07) is 3.14. The van der Waals surface area contributed by atoms with Gasteiger partial charge in [-0.15, -0.1) is 0 Å². The average molecular weight is 316 g/mol. The van der Waals surface area contributed by atoms with E-state index in [2.05, 4.69) is 30.8 Å². The molecule has 6 heteroatoms. The number of unbranched alkanes of at least 4 members (excludes halogenated alkanes) is 1. The van der Waals surface area contributed by atoms with Crippen LogP contribution >= 0.6 is 0 Å². The molecule has 1 unspecified atom stereocenters. The van der Waals surface area contributed by atoms with Gasteiger partial charge in [-0.3, -0.25) is 0 Å². The lowest BCUT2D eigenvalue weighted by molar-refractivity contribution is 0.392. The highest BCUT2D eigenvalue weighted by molar-refractivity contribution is 7.89. The molecular weight excluding hydrogens is 288 g/mol. The normalized spacial score (nSPS) is 13.8. The zero-order valence-corrected chi connectivity index (χ0v) is 14.3. The van der Waals surface area contributed by atoms with Gasteiger partial charge in [0.25, 0.3) is 10.0 Å². The van der Waals surface area contributed by atoms with Crippen LogP contribution in [0.1, 0.15) is 52.7 Å². The Morgan fingerprint density at radius 2 is 1.95 bits per heavy atom. The van der Waals surface area contributed by atoms with Crippen LogP contribution in [0.5, 0.6) is 0 Å². The van der Waals surface area contributed by atoms with E-state index >= 15 is 0 Å². The summed E-state index contributed by atoms with van der Waals surface area (Å²) in [5, 5.41) is 3.22. The van der Waals surface area contributed by atoms with Gasteiger partial charge < -0.3 is 9.73 Å². The first-order chi connectivity index (χ1) is 9.85. The van der Waals surface area contributed by atoms with Crippen LogP contribution in [0.25, 0.3) is 0 Å². The molecule has 0 aromatic carbocycles. The fourth-order valence-electron chi connectivity index (χ4n) is 1.97. The maximum absolute atomic E-state index is 12.2. The first kappa shape index (κ1) is 18.2. The molecule has 1 aromatic heterocycles. The maximum Gasteiger partial charge on any atom is 0.274 e. The van der Waals surface area contributed by atoms with E-state index < -0.39 is 10.0 Å². The predicted octanol–water partition coefficient (Wildman–Crippen LogP) is 2.88. The second kappa shape index (κ2) is 8.56. The van der Waals surface area contributed by atoms with Crippen LogP contribution in [-0.2, 0) is 16.6 Å². The Hall–Kier alpha value is -0.850. The Labute approximate surface area is 128 Å². The summed E-state index contributed by atoms with van der Waals surface area (Å²) < 4.78 is 32.4. The van der Waals surface area contributed by atoms with Gasteiger partial charge in [-0.05, 0) is 37.9 Å². The number of nitrogens with one attached hydrogen (secondary N) is 2. The van der Waals surface area contributed by atoms with Gasteiger partial charge in [0.1, 0.15) is 5.76 Å². The van der Waals surface area contributed by atoms with E-state index in [4.69, 9.17) is 4.42 Å². The van der Waals surface area contributed by atoms with Crippen LogP contribution in [0.4, 0.5) is 0 Å². The molecular formula is C15H28N2O3S. The fourth-order valence-corrected chi connectivity index (χ4v) is 3.20. The smallest absolute Gasteiger partial charge is 0.274 e. The van der Waals surface area contributed by atoms with Crippen molar-refractivity contribution in [2.24, 2.45) is 5.92 Å². The lowest BCUT2D eigenvalue weighted by Gasteiger charge is -2.12. The largest absolute Gasteiger partial charge is 0.447 e. The van der Waals surface area contributed by atoms with Crippen molar-refractivity contribution < 1.29 is 12.8 Å². The van der Waals surface area contributed by atoms with Crippen molar-refractivity contribution in [2.75, 3.05) is 6.54 Å². The minimum Gasteiger partial charge on any atom is -0.447 e. The number of furan rings is 1. The molecule has 5 nitrogen and oxygen atoms in total. The standard InChI is InChI=1S/C15H28N2O3S/c1-5-6-7-13(4)17-21(18,19)15-9-8-14(20-15)11-16-10-12(2)3/h8-9,12-13,16-17H,5-7,10-11H2,1-4H3. The van der Waals surface area contributed by atoms with Crippen LogP contribution in [0.2, 0.25) is 0 Å². The van der Waals surface area contributed by atoms with E-state index in [0.717, 1.165) is 25.8 Å². The van der Waals surface area contributed by atoms with E-state index in [1.807, 2.05) is 6.92 Å². The molecule has 0 fully saturated rings. The van der Waals surface area contributed by atoms with Crippen molar-refractivity contribution in [2.45, 2.75) is 64.6 Å². The summed E-state index contributed by atoms with van der Waals surface area (Å²) in [6.45, 7) is 9.61. The van der Waals surface area contributed by atoms with Crippen molar-refractivity contribution >= 4 is 10.0 Å². The molecule has 2 N–H and O–H groups in total. The van der Waals surface area contributed by atoms with E-state index in [-0.39, 0.29) is 11.1 Å². The van der Waals surface area contributed by atoms with Crippen molar-refractivity contribution in [3.05, 3.63) is 17.9 Å². The predicted molar refractivity (Wildman–Crippen MR) is 84.6 cm³/mol. The van der Waals surface area contributed by atoms with Crippen LogP contribution in [-0.4, -0.2) is 21.0 Å². The van der Waals surface area contributed by atoms with Crippen molar-refractivity contribution in [1.82, 2.24) is 10.0 Å². The van der Waals surface area contributed by atoms with Gasteiger partial charge in [-0.2, -0.15) is 0 Å². The molecule has 1 atom stereocenters. The Morgan fingerprint density at radius 1 is 1.24 bits per heavy atom. The Bertz CT molecular complexity index is 509. The van der Waals surface area contributed by atoms with Gasteiger partial charge in [0, 0.05) is 6.04 Å². The number of sulfonamides is 1. The van der Waals surface area contributed by atoms with Crippen LogP contribution in [0.15, 0.2) is 21.6 Å². The quantitative estimate of drug-likeness (QED) is 0.696. The van der Waals surface area contributed by atoms with E-state index in [1.54, 1.807) is 6.07 Å². The SMILES string of the molecule is CCCCC(C)NS(=O)(=O)c1ccc(CNCC(C)C)o1. The first-order valence-electron chi connectivity index (χ1n) is 7.67. The molecule has 0 saturated carbocycles. The molecule has 0 aliphatic heterocycles. The third kappa shape index (κ3) is 6.63. The molecule has 0 amide bonds. The highest BCUT2D eigenvalue weighted by atomic mass is 32.2. The third-order valence-electron chi connectivity index (χ3n) is 3.10. The molecule has 1 heterocycles. The first-order valence-corrected chi connectivity index (χ1v) is 9.15. The Balaban J connectivity index is 2.57. The van der Waals surface area contributed by atoms with E-state index in [1.165, 1.54) is 6.07 Å². The van der Waals surface area contributed by atoms with Crippen molar-refractivity contribution in [3.8, 4) is 0 Å². The second-order valence-corrected chi connectivity index (χ2v) is 7.56. The molecule has 1 rings (SSSR count). The van der Waals surface area contributed by atoms with Gasteiger partial charge in [-0.25, -0.2) is 13.1 Å². The summed E-state index contributed by atoms with van der Waals surface area (Å²) in [7, 11) is -3.55. The van der Waals surface area contributed by atoms with Gasteiger partial charge >= 0.3 is 0 Å². The lowest BCUT2D eigenvalue weighted by Crippen LogP contribution is -2.32. The van der Waals surface area contributed by atoms with Crippen molar-refractivity contribution in [3.63, 3.8) is 0 Å². The van der Waals surface area contributed by atoms with Crippen LogP contribution in [0.3, 0.4) is 0 Å². The van der Waals surface area contributed by atoms with Crippen molar-refractivity contribution in [1.29, 1.82) is 0 Å². The van der Waals surface area contributed by atoms with Gasteiger partial charge in [0.15, 0.2) is 0 Å². The summed E-state index contributed by atoms with van der Waals surface area (Å²) in [5.41, 5.74) is 0. The molecule has 0 saturated heterocycles. The van der Waals surface area contributed by atoms with E-state index in [0.29, 0.717) is 18.2 Å². The third-order valence-corrected chi connectivity index (χ3v) is 4.56. The molecule has 0 aliphatic carbocycles. The molecule has 0 bridgehead atoms. The molecule has 21 heavy (non-hydrogen) atoms. The Kier molecular flexibility index (Phi) is 7.42. The highest BCUT2D eigenvalue weighted by Gasteiger charge is 2.21. The van der Waals surface area contributed by atoms with Crippen LogP contribution < -0.4 is 10.0 Å². The molecule has 1 aromatic rings. The molecule has 0 radical (unpaired) electrons. The zero-order valence-electron chi connectivity index (χ0n) is 13.5. The van der Waals surface area contributed by atoms with Gasteiger partial charge in [0.2, 0.25) is 5.09 Å². The minimum atomic E-state index is -3.55. The number of hydrogen-bond acceptors (Lipinski definition) is 4. The van der Waals surface area contributed by atoms with Crippen LogP contribution in [0, 0.1) is 5.92 Å². The second-order valence-electron chi connectivity index (χ2n) is 5.91. The zero-order chi connectivity index (χ0) is 15.9. The molecule has 122 valence electrons. The lowest BCUT2D eigenvalue weighted by atomic mass is 10.2. The summed E-state index contributed by atoms with van der Waals surface area (Å²) >= 11 is 0. The monoisotopic (exact) mass is 316 g/mol. The van der Waals surface area contributed by atoms with Gasteiger partial charge in [-0.1, -0.05) is 33.6 Å². The topological polar surface area (TPSA) is 71.3 Å². The van der Waals surface area contributed by atoms with E-state index in [9.17, 15) is 8.42 Å². The van der Waals surface area contributed by atoms with Gasteiger partial charge in [0.05, 0.1) is 6.54 Å². The highest BCUT2D eigenvalue weighted by Crippen LogP contribution is 2.15. The summed E-state index contributed by atoms with van der Waals surface area (Å²) in [5.74, 6) is 1.18. The minimum absolute atomic E-state index is 0.00723. The number of hydrogen-bond donors (Lipinski definition) is 2. The Morgan fingerprint density at radius 3 is 2.57 bits per heavy atom. The molecule has 0 aliphatic rings. The molecule has 0 spiro atoms. The summed E-state index contributed by atoms with van der Waals surface area (Å²) in [4.78, 5) is 0. The summed E-state index contributed by atoms with van der Waals surface area (Å²) in [6.07, 6.45) is 2.89. The fraction of sp³-hybridized carbons (Fsp3) is 0.733. The maximum atomic E-state index is 12.2. The number of rotatable bonds is 10. The average Bonchev–Trinajstić information content (AvgIpc) is 2.85.